The van der Waals surface area contributed by atoms with Crippen molar-refractivity contribution in [2.24, 2.45) is 0 Å². The summed E-state index contributed by atoms with van der Waals surface area (Å²) < 4.78 is 23.5. The second kappa shape index (κ2) is 4.58. The molecule has 0 radical (unpaired) electrons. The summed E-state index contributed by atoms with van der Waals surface area (Å²) in [6.07, 6.45) is 0. The summed E-state index contributed by atoms with van der Waals surface area (Å²) in [6.45, 7) is 1.84. The molecule has 1 aromatic rings. The van der Waals surface area contributed by atoms with E-state index in [1.807, 2.05) is 0 Å². The first-order valence-corrected chi connectivity index (χ1v) is 4.52. The molecule has 0 heterocycles. The number of hydrogen-bond acceptors (Lipinski definition) is 2. The molecule has 72 valence electrons. The van der Waals surface area contributed by atoms with Crippen molar-refractivity contribution in [2.75, 3.05) is 13.9 Å². The van der Waals surface area contributed by atoms with Gasteiger partial charge in [-0.05, 0) is 40.5 Å². The van der Waals surface area contributed by atoms with Crippen LogP contribution in [0.3, 0.4) is 0 Å². The highest BCUT2D eigenvalue weighted by atomic mass is 79.9. The van der Waals surface area contributed by atoms with Crippen LogP contribution in [0, 0.1) is 12.7 Å². The van der Waals surface area contributed by atoms with Gasteiger partial charge in [0.05, 0.1) is 4.47 Å². The van der Waals surface area contributed by atoms with Crippen molar-refractivity contribution < 1.29 is 13.9 Å². The summed E-state index contributed by atoms with van der Waals surface area (Å²) in [5, 5.41) is 0. The quantitative estimate of drug-likeness (QED) is 0.767. The SMILES string of the molecule is COCOc1cc(C)c(F)cc1Br. The average Bonchev–Trinajstić information content (AvgIpc) is 2.09. The largest absolute Gasteiger partial charge is 0.466 e. The summed E-state index contributed by atoms with van der Waals surface area (Å²) in [4.78, 5) is 0. The normalized spacial score (nSPS) is 10.2. The van der Waals surface area contributed by atoms with E-state index in [4.69, 9.17) is 9.47 Å². The fourth-order valence-electron chi connectivity index (χ4n) is 0.864. The van der Waals surface area contributed by atoms with Gasteiger partial charge in [-0.25, -0.2) is 4.39 Å². The Hall–Kier alpha value is -0.610. The molecule has 0 bridgehead atoms. The molecule has 4 heteroatoms. The molecular formula is C9H10BrFO2. The van der Waals surface area contributed by atoms with Crippen molar-refractivity contribution in [1.82, 2.24) is 0 Å². The zero-order valence-corrected chi connectivity index (χ0v) is 9.02. The van der Waals surface area contributed by atoms with Crippen LogP contribution in [0.25, 0.3) is 0 Å². The zero-order valence-electron chi connectivity index (χ0n) is 7.43. The number of aryl methyl sites for hydroxylation is 1. The molecule has 13 heavy (non-hydrogen) atoms. The highest BCUT2D eigenvalue weighted by Crippen LogP contribution is 2.27. The standard InChI is InChI=1S/C9H10BrFO2/c1-6-3-9(13-5-12-2)7(10)4-8(6)11/h3-4H,5H2,1-2H3. The summed E-state index contributed by atoms with van der Waals surface area (Å²) in [5.74, 6) is 0.331. The molecule has 0 atom stereocenters. The first kappa shape index (κ1) is 10.5. The van der Waals surface area contributed by atoms with E-state index in [0.29, 0.717) is 15.8 Å². The second-order valence-corrected chi connectivity index (χ2v) is 3.44. The van der Waals surface area contributed by atoms with Crippen molar-refractivity contribution in [3.05, 3.63) is 28.0 Å². The van der Waals surface area contributed by atoms with Gasteiger partial charge in [0.1, 0.15) is 11.6 Å². The number of benzene rings is 1. The van der Waals surface area contributed by atoms with Gasteiger partial charge in [-0.3, -0.25) is 0 Å². The van der Waals surface area contributed by atoms with Gasteiger partial charge in [-0.2, -0.15) is 0 Å². The molecule has 0 aromatic heterocycles. The van der Waals surface area contributed by atoms with Crippen LogP contribution in [0.4, 0.5) is 4.39 Å². The topological polar surface area (TPSA) is 18.5 Å². The molecule has 1 aromatic carbocycles. The van der Waals surface area contributed by atoms with Gasteiger partial charge in [0.2, 0.25) is 0 Å². The van der Waals surface area contributed by atoms with Crippen molar-refractivity contribution in [1.29, 1.82) is 0 Å². The third kappa shape index (κ3) is 2.67. The minimum absolute atomic E-state index is 0.156. The number of ether oxygens (including phenoxy) is 2. The smallest absolute Gasteiger partial charge is 0.188 e. The number of hydrogen-bond donors (Lipinski definition) is 0. The van der Waals surface area contributed by atoms with Gasteiger partial charge in [0.15, 0.2) is 6.79 Å². The van der Waals surface area contributed by atoms with Crippen LogP contribution in [-0.2, 0) is 4.74 Å². The molecule has 0 spiro atoms. The number of rotatable bonds is 3. The first-order valence-electron chi connectivity index (χ1n) is 3.72. The van der Waals surface area contributed by atoms with Gasteiger partial charge < -0.3 is 9.47 Å². The van der Waals surface area contributed by atoms with Crippen LogP contribution in [0.15, 0.2) is 16.6 Å². The van der Waals surface area contributed by atoms with Gasteiger partial charge in [-0.15, -0.1) is 0 Å². The lowest BCUT2D eigenvalue weighted by atomic mass is 10.2. The fourth-order valence-corrected chi connectivity index (χ4v) is 1.29. The first-order chi connectivity index (χ1) is 6.15. The Labute approximate surface area is 84.8 Å². The molecule has 0 saturated heterocycles. The summed E-state index contributed by atoms with van der Waals surface area (Å²) >= 11 is 3.19. The number of methoxy groups -OCH3 is 1. The summed E-state index contributed by atoms with van der Waals surface area (Å²) in [5.41, 5.74) is 0.550. The molecular weight excluding hydrogens is 239 g/mol. The van der Waals surface area contributed by atoms with Crippen molar-refractivity contribution in [3.8, 4) is 5.75 Å². The third-order valence-electron chi connectivity index (χ3n) is 1.55. The molecule has 0 aliphatic heterocycles. The molecule has 0 saturated carbocycles. The maximum atomic E-state index is 13.0. The lowest BCUT2D eigenvalue weighted by molar-refractivity contribution is 0.0505. The molecule has 0 aliphatic rings. The van der Waals surface area contributed by atoms with E-state index in [0.717, 1.165) is 0 Å². The Bertz CT molecular complexity index is 302. The molecule has 0 amide bonds. The molecule has 1 rings (SSSR count). The Morgan fingerprint density at radius 2 is 2.15 bits per heavy atom. The Morgan fingerprint density at radius 1 is 1.46 bits per heavy atom. The molecule has 0 fully saturated rings. The highest BCUT2D eigenvalue weighted by Gasteiger charge is 2.05. The van der Waals surface area contributed by atoms with E-state index in [9.17, 15) is 4.39 Å². The maximum Gasteiger partial charge on any atom is 0.188 e. The van der Waals surface area contributed by atoms with Crippen LogP contribution in [0.1, 0.15) is 5.56 Å². The Balaban J connectivity index is 2.88. The molecule has 0 N–H and O–H groups in total. The van der Waals surface area contributed by atoms with Crippen LogP contribution < -0.4 is 4.74 Å². The fraction of sp³-hybridized carbons (Fsp3) is 0.333. The lowest BCUT2D eigenvalue weighted by Gasteiger charge is -2.08. The minimum atomic E-state index is -0.253. The third-order valence-corrected chi connectivity index (χ3v) is 2.17. The van der Waals surface area contributed by atoms with Crippen molar-refractivity contribution >= 4 is 15.9 Å². The van der Waals surface area contributed by atoms with Gasteiger partial charge >= 0.3 is 0 Å². The van der Waals surface area contributed by atoms with E-state index in [-0.39, 0.29) is 12.6 Å². The molecule has 0 aliphatic carbocycles. The maximum absolute atomic E-state index is 13.0. The predicted octanol–water partition coefficient (Wildman–Crippen LogP) is 2.88. The molecule has 2 nitrogen and oxygen atoms in total. The van der Waals surface area contributed by atoms with E-state index in [1.165, 1.54) is 13.2 Å². The van der Waals surface area contributed by atoms with Gasteiger partial charge in [-0.1, -0.05) is 0 Å². The van der Waals surface area contributed by atoms with Crippen LogP contribution in [0.2, 0.25) is 0 Å². The van der Waals surface area contributed by atoms with E-state index >= 15 is 0 Å². The van der Waals surface area contributed by atoms with E-state index in [1.54, 1.807) is 13.0 Å². The van der Waals surface area contributed by atoms with E-state index < -0.39 is 0 Å². The van der Waals surface area contributed by atoms with E-state index in [2.05, 4.69) is 15.9 Å². The second-order valence-electron chi connectivity index (χ2n) is 2.58. The van der Waals surface area contributed by atoms with Gasteiger partial charge in [0, 0.05) is 7.11 Å². The van der Waals surface area contributed by atoms with Crippen LogP contribution >= 0.6 is 15.9 Å². The monoisotopic (exact) mass is 248 g/mol. The Kier molecular flexibility index (Phi) is 3.69. The Morgan fingerprint density at radius 3 is 2.77 bits per heavy atom. The van der Waals surface area contributed by atoms with Crippen molar-refractivity contribution in [3.63, 3.8) is 0 Å². The zero-order chi connectivity index (χ0) is 9.84. The summed E-state index contributed by atoms with van der Waals surface area (Å²) in [6, 6.07) is 3.00. The van der Waals surface area contributed by atoms with Gasteiger partial charge in [0.25, 0.3) is 0 Å². The average molecular weight is 249 g/mol. The predicted molar refractivity (Wildman–Crippen MR) is 51.3 cm³/mol. The number of halogens is 2. The van der Waals surface area contributed by atoms with Crippen LogP contribution in [-0.4, -0.2) is 13.9 Å². The summed E-state index contributed by atoms with van der Waals surface area (Å²) in [7, 11) is 1.53. The minimum Gasteiger partial charge on any atom is -0.466 e. The highest BCUT2D eigenvalue weighted by molar-refractivity contribution is 9.10. The lowest BCUT2D eigenvalue weighted by Crippen LogP contribution is -2.00. The molecule has 0 unspecified atom stereocenters. The van der Waals surface area contributed by atoms with Crippen LogP contribution in [0.5, 0.6) is 5.75 Å². The van der Waals surface area contributed by atoms with Crippen molar-refractivity contribution in [2.45, 2.75) is 6.92 Å².